The van der Waals surface area contributed by atoms with Crippen molar-refractivity contribution in [1.82, 2.24) is 9.97 Å². The molecule has 0 atom stereocenters. The highest BCUT2D eigenvalue weighted by atomic mass is 16.5. The molecule has 2 rings (SSSR count). The van der Waals surface area contributed by atoms with Crippen LogP contribution in [0, 0.1) is 6.92 Å². The van der Waals surface area contributed by atoms with Gasteiger partial charge in [0.05, 0.1) is 19.9 Å². The predicted molar refractivity (Wildman–Crippen MR) is 71.0 cm³/mol. The number of aromatic amines is 1. The lowest BCUT2D eigenvalue weighted by molar-refractivity contribution is -0.139. The summed E-state index contributed by atoms with van der Waals surface area (Å²) in [5.41, 5.74) is 2.73. The van der Waals surface area contributed by atoms with Crippen LogP contribution >= 0.6 is 0 Å². The van der Waals surface area contributed by atoms with Crippen molar-refractivity contribution in [3.8, 4) is 17.0 Å². The standard InChI is InChI=1S/C14H16N2O3/c1-9-14(10-4-6-11(18-2)7-5-10)16-12(15-9)8-13(17)19-3/h4-7H,8H2,1-3H3,(H,15,16). The van der Waals surface area contributed by atoms with Gasteiger partial charge in [0.2, 0.25) is 0 Å². The summed E-state index contributed by atoms with van der Waals surface area (Å²) < 4.78 is 9.74. The molecule has 0 aliphatic rings. The van der Waals surface area contributed by atoms with Crippen LogP contribution < -0.4 is 4.74 Å². The number of aromatic nitrogens is 2. The second-order valence-corrected chi connectivity index (χ2v) is 4.14. The van der Waals surface area contributed by atoms with Crippen LogP contribution in [0.25, 0.3) is 11.3 Å². The molecular formula is C14H16N2O3. The third-order valence-electron chi connectivity index (χ3n) is 2.84. The molecule has 0 unspecified atom stereocenters. The first-order chi connectivity index (χ1) is 9.13. The number of imidazole rings is 1. The molecule has 1 N–H and O–H groups in total. The first-order valence-electron chi connectivity index (χ1n) is 5.90. The first kappa shape index (κ1) is 13.1. The summed E-state index contributed by atoms with van der Waals surface area (Å²) in [6, 6.07) is 7.63. The van der Waals surface area contributed by atoms with Crippen molar-refractivity contribution in [3.05, 3.63) is 35.8 Å². The Morgan fingerprint density at radius 1 is 1.26 bits per heavy atom. The largest absolute Gasteiger partial charge is 0.497 e. The third-order valence-corrected chi connectivity index (χ3v) is 2.84. The lowest BCUT2D eigenvalue weighted by Gasteiger charge is -2.01. The Balaban J connectivity index is 2.26. The molecule has 0 radical (unpaired) electrons. The minimum atomic E-state index is -0.310. The topological polar surface area (TPSA) is 64.2 Å². The Kier molecular flexibility index (Phi) is 3.85. The molecule has 100 valence electrons. The molecule has 0 fully saturated rings. The Hall–Kier alpha value is -2.30. The van der Waals surface area contributed by atoms with Gasteiger partial charge in [-0.05, 0) is 31.2 Å². The van der Waals surface area contributed by atoms with E-state index < -0.39 is 0 Å². The van der Waals surface area contributed by atoms with Crippen LogP contribution in [-0.4, -0.2) is 30.2 Å². The first-order valence-corrected chi connectivity index (χ1v) is 5.90. The number of nitrogens with zero attached hydrogens (tertiary/aromatic N) is 1. The van der Waals surface area contributed by atoms with Crippen LogP contribution in [0.3, 0.4) is 0 Å². The number of ether oxygens (including phenoxy) is 2. The Morgan fingerprint density at radius 3 is 2.53 bits per heavy atom. The fourth-order valence-corrected chi connectivity index (χ4v) is 1.84. The van der Waals surface area contributed by atoms with E-state index in [1.807, 2.05) is 31.2 Å². The number of carbonyl (C=O) groups is 1. The molecule has 0 bridgehead atoms. The van der Waals surface area contributed by atoms with E-state index in [1.165, 1.54) is 7.11 Å². The van der Waals surface area contributed by atoms with E-state index in [9.17, 15) is 4.79 Å². The van der Waals surface area contributed by atoms with Gasteiger partial charge in [0.15, 0.2) is 0 Å². The zero-order valence-corrected chi connectivity index (χ0v) is 11.2. The Labute approximate surface area is 111 Å². The van der Waals surface area contributed by atoms with Crippen LogP contribution in [0.5, 0.6) is 5.75 Å². The molecule has 0 saturated heterocycles. The van der Waals surface area contributed by atoms with Crippen LogP contribution in [0.1, 0.15) is 11.5 Å². The Bertz CT molecular complexity index is 573. The maximum absolute atomic E-state index is 11.2. The van der Waals surface area contributed by atoms with Gasteiger partial charge in [-0.2, -0.15) is 0 Å². The fraction of sp³-hybridized carbons (Fsp3) is 0.286. The maximum atomic E-state index is 11.2. The minimum Gasteiger partial charge on any atom is -0.497 e. The van der Waals surface area contributed by atoms with E-state index in [4.69, 9.17) is 4.74 Å². The summed E-state index contributed by atoms with van der Waals surface area (Å²) in [4.78, 5) is 18.7. The molecule has 1 aromatic carbocycles. The molecule has 0 spiro atoms. The molecule has 2 aromatic rings. The number of carbonyl (C=O) groups excluding carboxylic acids is 1. The van der Waals surface area contributed by atoms with E-state index in [0.717, 1.165) is 22.7 Å². The van der Waals surface area contributed by atoms with E-state index >= 15 is 0 Å². The van der Waals surface area contributed by atoms with Gasteiger partial charge in [-0.15, -0.1) is 0 Å². The molecule has 1 heterocycles. The van der Waals surface area contributed by atoms with E-state index in [-0.39, 0.29) is 12.4 Å². The molecule has 0 amide bonds. The third kappa shape index (κ3) is 2.93. The van der Waals surface area contributed by atoms with Gasteiger partial charge in [-0.1, -0.05) is 0 Å². The van der Waals surface area contributed by atoms with E-state index in [1.54, 1.807) is 7.11 Å². The van der Waals surface area contributed by atoms with Gasteiger partial charge in [-0.3, -0.25) is 4.79 Å². The highest BCUT2D eigenvalue weighted by Crippen LogP contribution is 2.23. The van der Waals surface area contributed by atoms with Crippen LogP contribution in [-0.2, 0) is 16.0 Å². The number of rotatable bonds is 4. The van der Waals surface area contributed by atoms with E-state index in [2.05, 4.69) is 14.7 Å². The summed E-state index contributed by atoms with van der Waals surface area (Å²) in [6.45, 7) is 1.92. The van der Waals surface area contributed by atoms with Crippen molar-refractivity contribution in [3.63, 3.8) is 0 Å². The highest BCUT2D eigenvalue weighted by molar-refractivity contribution is 5.72. The maximum Gasteiger partial charge on any atom is 0.313 e. The summed E-state index contributed by atoms with van der Waals surface area (Å²) in [5.74, 6) is 1.09. The van der Waals surface area contributed by atoms with Crippen molar-refractivity contribution >= 4 is 5.97 Å². The van der Waals surface area contributed by atoms with Crippen LogP contribution in [0.2, 0.25) is 0 Å². The molecule has 1 aromatic heterocycles. The van der Waals surface area contributed by atoms with Gasteiger partial charge in [0.25, 0.3) is 0 Å². The monoisotopic (exact) mass is 260 g/mol. The second-order valence-electron chi connectivity index (χ2n) is 4.14. The van der Waals surface area contributed by atoms with Gasteiger partial charge in [-0.25, -0.2) is 4.98 Å². The minimum absolute atomic E-state index is 0.146. The van der Waals surface area contributed by atoms with Gasteiger partial charge >= 0.3 is 5.97 Å². The number of methoxy groups -OCH3 is 2. The van der Waals surface area contributed by atoms with Crippen molar-refractivity contribution in [2.45, 2.75) is 13.3 Å². The average Bonchev–Trinajstić information content (AvgIpc) is 2.79. The number of nitrogens with one attached hydrogen (secondary N) is 1. The van der Waals surface area contributed by atoms with E-state index in [0.29, 0.717) is 5.82 Å². The molecule has 19 heavy (non-hydrogen) atoms. The van der Waals surface area contributed by atoms with Crippen molar-refractivity contribution in [2.75, 3.05) is 14.2 Å². The van der Waals surface area contributed by atoms with Crippen LogP contribution in [0.4, 0.5) is 0 Å². The lowest BCUT2D eigenvalue weighted by atomic mass is 10.1. The smallest absolute Gasteiger partial charge is 0.313 e. The number of benzene rings is 1. The summed E-state index contributed by atoms with van der Waals surface area (Å²) in [7, 11) is 2.99. The summed E-state index contributed by atoms with van der Waals surface area (Å²) in [5, 5.41) is 0. The van der Waals surface area contributed by atoms with Gasteiger partial charge < -0.3 is 14.5 Å². The quantitative estimate of drug-likeness (QED) is 0.855. The zero-order chi connectivity index (χ0) is 13.8. The predicted octanol–water partition coefficient (Wildman–Crippen LogP) is 2.11. The number of aryl methyl sites for hydroxylation is 1. The fourth-order valence-electron chi connectivity index (χ4n) is 1.84. The van der Waals surface area contributed by atoms with Gasteiger partial charge in [0, 0.05) is 11.3 Å². The molecule has 5 heteroatoms. The van der Waals surface area contributed by atoms with Gasteiger partial charge in [0.1, 0.15) is 18.0 Å². The molecule has 0 aliphatic carbocycles. The molecule has 5 nitrogen and oxygen atoms in total. The molecule has 0 saturated carbocycles. The number of H-pyrrole nitrogens is 1. The second kappa shape index (κ2) is 5.56. The normalized spacial score (nSPS) is 10.3. The average molecular weight is 260 g/mol. The number of hydrogen-bond donors (Lipinski definition) is 1. The number of esters is 1. The highest BCUT2D eigenvalue weighted by Gasteiger charge is 2.12. The lowest BCUT2D eigenvalue weighted by Crippen LogP contribution is -2.05. The van der Waals surface area contributed by atoms with Crippen molar-refractivity contribution < 1.29 is 14.3 Å². The van der Waals surface area contributed by atoms with Crippen LogP contribution in [0.15, 0.2) is 24.3 Å². The van der Waals surface area contributed by atoms with Crippen molar-refractivity contribution in [1.29, 1.82) is 0 Å². The van der Waals surface area contributed by atoms with Crippen molar-refractivity contribution in [2.24, 2.45) is 0 Å². The zero-order valence-electron chi connectivity index (χ0n) is 11.2. The Morgan fingerprint density at radius 2 is 1.95 bits per heavy atom. The number of hydrogen-bond acceptors (Lipinski definition) is 4. The molecule has 0 aliphatic heterocycles. The summed E-state index contributed by atoms with van der Waals surface area (Å²) in [6.07, 6.45) is 0.146. The summed E-state index contributed by atoms with van der Waals surface area (Å²) >= 11 is 0. The SMILES string of the molecule is COC(=O)Cc1nc(-c2ccc(OC)cc2)c(C)[nH]1. The molecular weight excluding hydrogens is 244 g/mol.